The van der Waals surface area contributed by atoms with Gasteiger partial charge < -0.3 is 0 Å². The molecule has 1 nitrogen and oxygen atoms in total. The van der Waals surface area contributed by atoms with Gasteiger partial charge >= 0.3 is 0 Å². The third-order valence-corrected chi connectivity index (χ3v) is 3.72. The molecule has 18 heavy (non-hydrogen) atoms. The van der Waals surface area contributed by atoms with Crippen molar-refractivity contribution in [2.45, 2.75) is 51.4 Å². The Morgan fingerprint density at radius 1 is 1.00 bits per heavy atom. The van der Waals surface area contributed by atoms with Gasteiger partial charge in [-0.05, 0) is 38.2 Å². The van der Waals surface area contributed by atoms with Crippen molar-refractivity contribution in [1.82, 2.24) is 0 Å². The summed E-state index contributed by atoms with van der Waals surface area (Å²) < 4.78 is 0. The molecule has 0 aliphatic heterocycles. The summed E-state index contributed by atoms with van der Waals surface area (Å²) in [6.07, 6.45) is 8.17. The second-order valence-corrected chi connectivity index (χ2v) is 5.31. The minimum atomic E-state index is 0.410. The number of ketones is 1. The van der Waals surface area contributed by atoms with Crippen molar-refractivity contribution in [1.29, 1.82) is 0 Å². The van der Waals surface area contributed by atoms with Crippen LogP contribution in [0, 0.1) is 0 Å². The topological polar surface area (TPSA) is 17.1 Å². The van der Waals surface area contributed by atoms with Gasteiger partial charge in [0.25, 0.3) is 0 Å². The summed E-state index contributed by atoms with van der Waals surface area (Å²) in [5.74, 6) is 0.845. The zero-order valence-electron chi connectivity index (χ0n) is 11.2. The molecule has 1 aliphatic carbocycles. The van der Waals surface area contributed by atoms with E-state index in [1.54, 1.807) is 0 Å². The van der Waals surface area contributed by atoms with Crippen molar-refractivity contribution in [3.05, 3.63) is 47.5 Å². The lowest BCUT2D eigenvalue weighted by molar-refractivity contribution is -0.119. The standard InChI is InChI=1S/C17H22O/c1-14-7-5-6-10-17(18)12-11-16(13-14)15-8-3-2-4-9-15/h2-4,8-9,13,16H,5-7,10-12H2,1H3/t16-/m0/s1. The van der Waals surface area contributed by atoms with Gasteiger partial charge in [0.1, 0.15) is 5.78 Å². The predicted octanol–water partition coefficient (Wildman–Crippen LogP) is 4.64. The Kier molecular flexibility index (Phi) is 4.74. The maximum absolute atomic E-state index is 11.7. The molecule has 1 aromatic rings. The van der Waals surface area contributed by atoms with Crippen LogP contribution in [0.2, 0.25) is 0 Å². The van der Waals surface area contributed by atoms with Gasteiger partial charge in [-0.2, -0.15) is 0 Å². The van der Waals surface area contributed by atoms with E-state index in [0.29, 0.717) is 11.7 Å². The van der Waals surface area contributed by atoms with Crippen LogP contribution >= 0.6 is 0 Å². The molecule has 0 saturated carbocycles. The van der Waals surface area contributed by atoms with Crippen molar-refractivity contribution >= 4 is 5.78 Å². The van der Waals surface area contributed by atoms with E-state index in [9.17, 15) is 4.79 Å². The highest BCUT2D eigenvalue weighted by Gasteiger charge is 2.13. The van der Waals surface area contributed by atoms with Crippen LogP contribution in [0.15, 0.2) is 42.0 Å². The van der Waals surface area contributed by atoms with Crippen LogP contribution in [0.25, 0.3) is 0 Å². The summed E-state index contributed by atoms with van der Waals surface area (Å²) in [5.41, 5.74) is 2.81. The molecule has 1 aliphatic rings. The van der Waals surface area contributed by atoms with Gasteiger partial charge in [0.2, 0.25) is 0 Å². The Bertz CT molecular complexity index is 416. The molecular formula is C17H22O. The quantitative estimate of drug-likeness (QED) is 0.656. The van der Waals surface area contributed by atoms with E-state index >= 15 is 0 Å². The molecule has 1 aromatic carbocycles. The average Bonchev–Trinajstić information content (AvgIpc) is 2.40. The SMILES string of the molecule is CC1=C[C@@H](c2ccccc2)CCC(=O)CCCC1. The number of hydrogen-bond donors (Lipinski definition) is 0. The number of carbonyl (C=O) groups is 1. The zero-order chi connectivity index (χ0) is 12.8. The van der Waals surface area contributed by atoms with Crippen molar-refractivity contribution in [3.63, 3.8) is 0 Å². The summed E-state index contributed by atoms with van der Waals surface area (Å²) in [4.78, 5) is 11.7. The van der Waals surface area contributed by atoms with Crippen molar-refractivity contribution < 1.29 is 4.79 Å². The molecule has 0 saturated heterocycles. The minimum Gasteiger partial charge on any atom is -0.300 e. The lowest BCUT2D eigenvalue weighted by atomic mass is 9.88. The maximum Gasteiger partial charge on any atom is 0.132 e. The second-order valence-electron chi connectivity index (χ2n) is 5.31. The molecule has 1 heteroatoms. The summed E-state index contributed by atoms with van der Waals surface area (Å²) in [6.45, 7) is 2.22. The van der Waals surface area contributed by atoms with E-state index < -0.39 is 0 Å². The van der Waals surface area contributed by atoms with E-state index in [2.05, 4.69) is 37.3 Å². The molecule has 0 heterocycles. The fourth-order valence-electron chi connectivity index (χ4n) is 2.64. The van der Waals surface area contributed by atoms with E-state index in [1.165, 1.54) is 11.1 Å². The molecule has 0 amide bonds. The Balaban J connectivity index is 2.18. The molecule has 0 bridgehead atoms. The highest BCUT2D eigenvalue weighted by Crippen LogP contribution is 2.27. The highest BCUT2D eigenvalue weighted by atomic mass is 16.1. The summed E-state index contributed by atoms with van der Waals surface area (Å²) in [6, 6.07) is 10.6. The monoisotopic (exact) mass is 242 g/mol. The molecule has 2 rings (SSSR count). The van der Waals surface area contributed by atoms with Crippen LogP contribution in [-0.4, -0.2) is 5.78 Å². The molecule has 1 atom stereocenters. The first kappa shape index (κ1) is 13.1. The molecule has 0 fully saturated rings. The molecule has 0 spiro atoms. The fourth-order valence-corrected chi connectivity index (χ4v) is 2.64. The average molecular weight is 242 g/mol. The Hall–Kier alpha value is -1.37. The van der Waals surface area contributed by atoms with Gasteiger partial charge in [-0.15, -0.1) is 0 Å². The van der Waals surface area contributed by atoms with Crippen molar-refractivity contribution in [2.24, 2.45) is 0 Å². The van der Waals surface area contributed by atoms with Crippen LogP contribution in [0.5, 0.6) is 0 Å². The maximum atomic E-state index is 11.7. The Labute approximate surface area is 110 Å². The van der Waals surface area contributed by atoms with Crippen LogP contribution in [-0.2, 0) is 4.79 Å². The highest BCUT2D eigenvalue weighted by molar-refractivity contribution is 5.78. The minimum absolute atomic E-state index is 0.410. The van der Waals surface area contributed by atoms with Crippen molar-refractivity contribution in [3.8, 4) is 0 Å². The normalized spacial score (nSPS) is 22.4. The number of benzene rings is 1. The first-order chi connectivity index (χ1) is 8.75. The van der Waals surface area contributed by atoms with Gasteiger partial charge in [0.15, 0.2) is 0 Å². The second kappa shape index (κ2) is 6.53. The van der Waals surface area contributed by atoms with Crippen LogP contribution < -0.4 is 0 Å². The first-order valence-electron chi connectivity index (χ1n) is 6.99. The largest absolute Gasteiger partial charge is 0.300 e. The summed E-state index contributed by atoms with van der Waals surface area (Å²) in [5, 5.41) is 0. The molecular weight excluding hydrogens is 220 g/mol. The number of carbonyl (C=O) groups excluding carboxylic acids is 1. The van der Waals surface area contributed by atoms with E-state index in [4.69, 9.17) is 0 Å². The predicted molar refractivity (Wildman–Crippen MR) is 75.6 cm³/mol. The Morgan fingerprint density at radius 3 is 2.50 bits per heavy atom. The van der Waals surface area contributed by atoms with Gasteiger partial charge in [-0.25, -0.2) is 0 Å². The van der Waals surface area contributed by atoms with E-state index in [1.807, 2.05) is 6.07 Å². The molecule has 0 N–H and O–H groups in total. The number of allylic oxidation sites excluding steroid dienone is 2. The summed E-state index contributed by atoms with van der Waals surface area (Å²) >= 11 is 0. The summed E-state index contributed by atoms with van der Waals surface area (Å²) in [7, 11) is 0. The van der Waals surface area contributed by atoms with E-state index in [-0.39, 0.29) is 0 Å². The first-order valence-corrected chi connectivity index (χ1v) is 6.99. The van der Waals surface area contributed by atoms with Gasteiger partial charge in [0, 0.05) is 18.8 Å². The molecule has 96 valence electrons. The number of rotatable bonds is 1. The number of hydrogen-bond acceptors (Lipinski definition) is 1. The lowest BCUT2D eigenvalue weighted by Crippen LogP contribution is -2.05. The lowest BCUT2D eigenvalue weighted by Gasteiger charge is -2.16. The van der Waals surface area contributed by atoms with Gasteiger partial charge in [0.05, 0.1) is 0 Å². The Morgan fingerprint density at radius 2 is 1.72 bits per heavy atom. The number of Topliss-reactive ketones (excluding diaryl/α,β-unsaturated/α-hetero) is 1. The molecule has 0 unspecified atom stereocenters. The van der Waals surface area contributed by atoms with Crippen molar-refractivity contribution in [2.75, 3.05) is 0 Å². The van der Waals surface area contributed by atoms with Crippen LogP contribution in [0.3, 0.4) is 0 Å². The molecule has 0 aromatic heterocycles. The van der Waals surface area contributed by atoms with Crippen LogP contribution in [0.1, 0.15) is 56.9 Å². The fraction of sp³-hybridized carbons (Fsp3) is 0.471. The van der Waals surface area contributed by atoms with Gasteiger partial charge in [-0.1, -0.05) is 42.0 Å². The smallest absolute Gasteiger partial charge is 0.132 e. The molecule has 0 radical (unpaired) electrons. The zero-order valence-corrected chi connectivity index (χ0v) is 11.2. The van der Waals surface area contributed by atoms with Crippen LogP contribution in [0.4, 0.5) is 0 Å². The van der Waals surface area contributed by atoms with E-state index in [0.717, 1.165) is 38.5 Å². The third-order valence-electron chi connectivity index (χ3n) is 3.72. The third kappa shape index (κ3) is 3.83. The van der Waals surface area contributed by atoms with Gasteiger partial charge in [-0.3, -0.25) is 4.79 Å².